The molecule has 1 fully saturated rings. The van der Waals surface area contributed by atoms with Crippen molar-refractivity contribution in [3.05, 3.63) is 39.9 Å². The van der Waals surface area contributed by atoms with Gasteiger partial charge in [-0.2, -0.15) is 0 Å². The summed E-state index contributed by atoms with van der Waals surface area (Å²) in [5.41, 5.74) is 0.313. The van der Waals surface area contributed by atoms with Crippen molar-refractivity contribution in [2.24, 2.45) is 0 Å². The molecule has 0 radical (unpaired) electrons. The van der Waals surface area contributed by atoms with Gasteiger partial charge in [0.15, 0.2) is 0 Å². The Morgan fingerprint density at radius 1 is 1.39 bits per heavy atom. The number of hydrogen-bond donors (Lipinski definition) is 0. The number of non-ortho nitro benzene ring substituents is 1. The Kier molecular flexibility index (Phi) is 7.98. The first-order chi connectivity index (χ1) is 10.6. The van der Waals surface area contributed by atoms with Crippen molar-refractivity contribution in [2.45, 2.75) is 38.6 Å². The quantitative estimate of drug-likeness (QED) is 0.431. The van der Waals surface area contributed by atoms with Gasteiger partial charge in [-0.25, -0.2) is 4.79 Å². The summed E-state index contributed by atoms with van der Waals surface area (Å²) in [6.07, 6.45) is 4.80. The van der Waals surface area contributed by atoms with E-state index in [9.17, 15) is 14.9 Å². The molecular formula is C16H23ClN2O4. The van der Waals surface area contributed by atoms with E-state index in [1.807, 2.05) is 0 Å². The topological polar surface area (TPSA) is 72.7 Å². The maximum absolute atomic E-state index is 11.9. The summed E-state index contributed by atoms with van der Waals surface area (Å²) in [6, 6.07) is 6.10. The zero-order chi connectivity index (χ0) is 15.9. The van der Waals surface area contributed by atoms with Crippen LogP contribution in [0.4, 0.5) is 5.69 Å². The monoisotopic (exact) mass is 342 g/mol. The van der Waals surface area contributed by atoms with Gasteiger partial charge in [0.2, 0.25) is 0 Å². The van der Waals surface area contributed by atoms with Gasteiger partial charge < -0.3 is 4.74 Å². The lowest BCUT2D eigenvalue weighted by Crippen LogP contribution is -2.32. The van der Waals surface area contributed by atoms with Gasteiger partial charge in [0.1, 0.15) is 6.61 Å². The Labute approximate surface area is 142 Å². The van der Waals surface area contributed by atoms with Crippen molar-refractivity contribution >= 4 is 24.1 Å². The molecule has 2 rings (SSSR count). The number of hydrogen-bond acceptors (Lipinski definition) is 5. The Hall–Kier alpha value is -1.66. The second kappa shape index (κ2) is 9.47. The van der Waals surface area contributed by atoms with Crippen LogP contribution in [0.25, 0.3) is 0 Å². The molecule has 1 atom stereocenters. The number of carbonyl (C=O) groups is 1. The van der Waals surface area contributed by atoms with Crippen LogP contribution in [-0.2, 0) is 4.74 Å². The van der Waals surface area contributed by atoms with E-state index in [-0.39, 0.29) is 18.1 Å². The highest BCUT2D eigenvalue weighted by Gasteiger charge is 2.23. The molecule has 7 heteroatoms. The van der Waals surface area contributed by atoms with E-state index in [2.05, 4.69) is 11.8 Å². The second-order valence-electron chi connectivity index (χ2n) is 5.56. The third-order valence-corrected chi connectivity index (χ3v) is 4.05. The zero-order valence-corrected chi connectivity index (χ0v) is 14.1. The van der Waals surface area contributed by atoms with Gasteiger partial charge in [0.25, 0.3) is 5.69 Å². The summed E-state index contributed by atoms with van der Waals surface area (Å²) in [7, 11) is 0. The van der Waals surface area contributed by atoms with Crippen molar-refractivity contribution < 1.29 is 14.5 Å². The van der Waals surface area contributed by atoms with E-state index in [0.29, 0.717) is 18.2 Å². The summed E-state index contributed by atoms with van der Waals surface area (Å²) in [5.74, 6) is -0.430. The molecule has 1 aromatic carbocycles. The molecule has 128 valence electrons. The molecule has 0 aromatic heterocycles. The number of rotatable bonds is 7. The van der Waals surface area contributed by atoms with Gasteiger partial charge in [0.05, 0.1) is 10.5 Å². The zero-order valence-electron chi connectivity index (χ0n) is 13.3. The Bertz CT molecular complexity index is 521. The highest BCUT2D eigenvalue weighted by molar-refractivity contribution is 5.89. The van der Waals surface area contributed by atoms with E-state index in [1.165, 1.54) is 49.9 Å². The van der Waals surface area contributed by atoms with Crippen molar-refractivity contribution in [2.75, 3.05) is 19.7 Å². The normalized spacial score (nSPS) is 17.5. The van der Waals surface area contributed by atoms with E-state index in [0.717, 1.165) is 13.1 Å². The Balaban J connectivity index is 0.00000264. The molecule has 0 saturated carbocycles. The van der Waals surface area contributed by atoms with Gasteiger partial charge in [-0.1, -0.05) is 13.3 Å². The first-order valence-electron chi connectivity index (χ1n) is 7.77. The van der Waals surface area contributed by atoms with E-state index >= 15 is 0 Å². The number of carbonyl (C=O) groups excluding carboxylic acids is 1. The van der Waals surface area contributed by atoms with Crippen LogP contribution in [0.3, 0.4) is 0 Å². The molecule has 0 amide bonds. The molecule has 1 heterocycles. The van der Waals surface area contributed by atoms with Crippen LogP contribution in [0.5, 0.6) is 0 Å². The van der Waals surface area contributed by atoms with Gasteiger partial charge in [-0.3, -0.25) is 15.0 Å². The molecule has 1 saturated heterocycles. The number of esters is 1. The van der Waals surface area contributed by atoms with E-state index in [4.69, 9.17) is 4.74 Å². The summed E-state index contributed by atoms with van der Waals surface area (Å²) in [4.78, 5) is 24.4. The molecule has 0 spiro atoms. The summed E-state index contributed by atoms with van der Waals surface area (Å²) in [6.45, 7) is 4.37. The van der Waals surface area contributed by atoms with Crippen LogP contribution in [0, 0.1) is 10.1 Å². The predicted molar refractivity (Wildman–Crippen MR) is 90.1 cm³/mol. The molecule has 1 unspecified atom stereocenters. The fourth-order valence-corrected chi connectivity index (χ4v) is 2.91. The molecule has 23 heavy (non-hydrogen) atoms. The van der Waals surface area contributed by atoms with Crippen LogP contribution < -0.4 is 0 Å². The summed E-state index contributed by atoms with van der Waals surface area (Å²) >= 11 is 0. The maximum Gasteiger partial charge on any atom is 0.338 e. The van der Waals surface area contributed by atoms with Crippen LogP contribution in [0.1, 0.15) is 43.0 Å². The number of likely N-dealkylation sites (tertiary alicyclic amines) is 1. The summed E-state index contributed by atoms with van der Waals surface area (Å²) in [5, 5.41) is 10.6. The van der Waals surface area contributed by atoms with Crippen LogP contribution in [-0.4, -0.2) is 41.5 Å². The number of nitrogens with zero attached hydrogens (tertiary/aromatic N) is 2. The number of nitro groups is 1. The number of ether oxygens (including phenoxy) is 1. The Morgan fingerprint density at radius 2 is 2.09 bits per heavy atom. The number of halogens is 1. The minimum absolute atomic E-state index is 0. The fraction of sp³-hybridized carbons (Fsp3) is 0.562. The SMILES string of the molecule is CCCC1CCCN1CCOC(=O)c1ccc([N+](=O)[O-])cc1.Cl. The molecule has 6 nitrogen and oxygen atoms in total. The van der Waals surface area contributed by atoms with Crippen molar-refractivity contribution in [1.29, 1.82) is 0 Å². The summed E-state index contributed by atoms with van der Waals surface area (Å²) < 4.78 is 5.27. The first kappa shape index (κ1) is 19.4. The standard InChI is InChI=1S/C16H22N2O4.ClH/c1-2-4-14-5-3-10-17(14)11-12-22-16(19)13-6-8-15(9-7-13)18(20)21;/h6-9,14H,2-5,10-12H2,1H3;1H. The fourth-order valence-electron chi connectivity index (χ4n) is 2.91. The predicted octanol–water partition coefficient (Wildman–Crippen LogP) is 3.44. The molecule has 0 N–H and O–H groups in total. The third-order valence-electron chi connectivity index (χ3n) is 4.05. The van der Waals surface area contributed by atoms with Gasteiger partial charge in [0, 0.05) is 24.7 Å². The third kappa shape index (κ3) is 5.48. The largest absolute Gasteiger partial charge is 0.461 e. The molecule has 1 aliphatic rings. The highest BCUT2D eigenvalue weighted by atomic mass is 35.5. The molecule has 0 bridgehead atoms. The highest BCUT2D eigenvalue weighted by Crippen LogP contribution is 2.20. The first-order valence-corrected chi connectivity index (χ1v) is 7.77. The van der Waals surface area contributed by atoms with Gasteiger partial charge in [-0.05, 0) is 37.9 Å². The number of benzene rings is 1. The molecule has 1 aromatic rings. The minimum atomic E-state index is -0.490. The average Bonchev–Trinajstić information content (AvgIpc) is 2.95. The van der Waals surface area contributed by atoms with E-state index in [1.54, 1.807) is 0 Å². The van der Waals surface area contributed by atoms with Crippen LogP contribution in [0.15, 0.2) is 24.3 Å². The Morgan fingerprint density at radius 3 is 2.70 bits per heavy atom. The lowest BCUT2D eigenvalue weighted by molar-refractivity contribution is -0.384. The number of nitro benzene ring substituents is 1. The maximum atomic E-state index is 11.9. The van der Waals surface area contributed by atoms with Crippen molar-refractivity contribution in [3.8, 4) is 0 Å². The van der Waals surface area contributed by atoms with Crippen LogP contribution in [0.2, 0.25) is 0 Å². The van der Waals surface area contributed by atoms with Gasteiger partial charge >= 0.3 is 5.97 Å². The van der Waals surface area contributed by atoms with Crippen molar-refractivity contribution in [1.82, 2.24) is 4.90 Å². The van der Waals surface area contributed by atoms with Gasteiger partial charge in [-0.15, -0.1) is 12.4 Å². The second-order valence-corrected chi connectivity index (χ2v) is 5.56. The lowest BCUT2D eigenvalue weighted by atomic mass is 10.1. The lowest BCUT2D eigenvalue weighted by Gasteiger charge is -2.23. The van der Waals surface area contributed by atoms with E-state index < -0.39 is 10.9 Å². The van der Waals surface area contributed by atoms with Crippen LogP contribution >= 0.6 is 12.4 Å². The average molecular weight is 343 g/mol. The smallest absolute Gasteiger partial charge is 0.338 e. The molecule has 1 aliphatic heterocycles. The minimum Gasteiger partial charge on any atom is -0.461 e. The molecular weight excluding hydrogens is 320 g/mol. The van der Waals surface area contributed by atoms with Crippen molar-refractivity contribution in [3.63, 3.8) is 0 Å². The molecule has 0 aliphatic carbocycles.